The molecule has 0 amide bonds. The zero-order valence-corrected chi connectivity index (χ0v) is 62.9. The molecule has 0 fully saturated rings. The van der Waals surface area contributed by atoms with E-state index in [1.54, 1.807) is 11.1 Å². The van der Waals surface area contributed by atoms with Gasteiger partial charge in [-0.05, 0) is 225 Å². The maximum Gasteiger partial charge on any atom is 0.0547 e. The van der Waals surface area contributed by atoms with Crippen LogP contribution in [0.5, 0.6) is 0 Å². The molecule has 0 N–H and O–H groups in total. The lowest BCUT2D eigenvalue weighted by molar-refractivity contribution is 0.397. The second-order valence-corrected chi connectivity index (χ2v) is 31.9. The van der Waals surface area contributed by atoms with Crippen LogP contribution < -0.4 is 9.80 Å². The number of hydrogen-bond acceptors (Lipinski definition) is 2. The highest BCUT2D eigenvalue weighted by Crippen LogP contribution is 2.58. The summed E-state index contributed by atoms with van der Waals surface area (Å²) in [6.45, 7) is 19.0. The summed E-state index contributed by atoms with van der Waals surface area (Å²) in [5.41, 5.74) is 34.6. The number of hydrogen-bond donors (Lipinski definition) is 0. The van der Waals surface area contributed by atoms with Crippen LogP contribution in [0.15, 0.2) is 261 Å². The van der Waals surface area contributed by atoms with E-state index in [4.69, 9.17) is 0 Å². The molecule has 3 aliphatic rings. The van der Waals surface area contributed by atoms with Crippen molar-refractivity contribution in [3.05, 3.63) is 305 Å². The van der Waals surface area contributed by atoms with Crippen molar-refractivity contribution >= 4 is 55.9 Å². The average Bonchev–Trinajstić information content (AvgIpc) is 1.53. The minimum atomic E-state index is -0.263. The van der Waals surface area contributed by atoms with Crippen molar-refractivity contribution in [1.82, 2.24) is 4.57 Å². The van der Waals surface area contributed by atoms with Crippen LogP contribution in [-0.2, 0) is 16.2 Å². The second-order valence-electron chi connectivity index (χ2n) is 31.9. The molecule has 13 aromatic rings. The highest BCUT2D eigenvalue weighted by atomic mass is 15.1. The van der Waals surface area contributed by atoms with Gasteiger partial charge in [-0.25, -0.2) is 0 Å². The lowest BCUT2D eigenvalue weighted by Crippen LogP contribution is -2.25. The number of aromatic nitrogens is 1. The van der Waals surface area contributed by atoms with E-state index in [2.05, 4.69) is 331 Å². The third-order valence-corrected chi connectivity index (χ3v) is 24.3. The standard InChI is InChI=1S/C101H103N3/c1-9-11-13-15-17-19-21-31-61-101(62-32-22-20-18-16-14-12-10-2)95-64-71(4)40-55-87(95)88-57-44-74(66-96(88)101)73-43-56-84-86-60-53-82(69-94(86)100(7,8)92(84)65-73)103(81-52-59-85-83-54-39-70(3)63-91(83)99(5,6)93(85)68-81)78-46-41-72(42-47-78)75-45-58-90-89-37-29-30-38-97(89)104(98(90)67-75)80-50-48-79(49-51-80)102(76-33-25-23-26-34-76)77-35-27-24-28-36-77/h23-30,33-60,63-69H,9-22,31-32,61-62H2,1-8H3. The van der Waals surface area contributed by atoms with Crippen LogP contribution in [0.1, 0.15) is 202 Å². The molecule has 0 saturated heterocycles. The van der Waals surface area contributed by atoms with E-state index in [0.717, 1.165) is 39.8 Å². The highest BCUT2D eigenvalue weighted by molar-refractivity contribution is 6.10. The first-order valence-corrected chi connectivity index (χ1v) is 39.6. The molecule has 1 aromatic heterocycles. The van der Waals surface area contributed by atoms with Gasteiger partial charge in [0.2, 0.25) is 0 Å². The lowest BCUT2D eigenvalue weighted by Gasteiger charge is -2.33. The molecule has 0 unspecified atom stereocenters. The summed E-state index contributed by atoms with van der Waals surface area (Å²) in [5, 5.41) is 2.48. The van der Waals surface area contributed by atoms with E-state index in [9.17, 15) is 0 Å². The molecule has 1 heterocycles. The molecule has 0 aliphatic heterocycles. The molecule has 12 aromatic carbocycles. The monoisotopic (exact) mass is 1360 g/mol. The normalized spacial score (nSPS) is 13.9. The molecular formula is C101H103N3. The number of benzene rings is 12. The van der Waals surface area contributed by atoms with Crippen LogP contribution in [0.4, 0.5) is 34.1 Å². The average molecular weight is 1360 g/mol. The number of fused-ring (bicyclic) bond motifs is 12. The summed E-state index contributed by atoms with van der Waals surface area (Å²) in [6.07, 6.45) is 24.0. The fourth-order valence-corrected chi connectivity index (χ4v) is 18.6. The van der Waals surface area contributed by atoms with Gasteiger partial charge in [0.1, 0.15) is 0 Å². The van der Waals surface area contributed by atoms with E-state index < -0.39 is 0 Å². The van der Waals surface area contributed by atoms with Gasteiger partial charge >= 0.3 is 0 Å². The molecule has 0 bridgehead atoms. The predicted molar refractivity (Wildman–Crippen MR) is 446 cm³/mol. The van der Waals surface area contributed by atoms with Crippen LogP contribution >= 0.6 is 0 Å². The summed E-state index contributed by atoms with van der Waals surface area (Å²) in [6, 6.07) is 99.8. The van der Waals surface area contributed by atoms with Crippen LogP contribution in [-0.4, -0.2) is 4.57 Å². The van der Waals surface area contributed by atoms with Crippen molar-refractivity contribution in [1.29, 1.82) is 0 Å². The van der Waals surface area contributed by atoms with Crippen molar-refractivity contribution in [3.8, 4) is 61.3 Å². The van der Waals surface area contributed by atoms with E-state index in [0.29, 0.717) is 0 Å². The number of anilines is 6. The summed E-state index contributed by atoms with van der Waals surface area (Å²) in [7, 11) is 0. The summed E-state index contributed by atoms with van der Waals surface area (Å²) in [4.78, 5) is 4.85. The van der Waals surface area contributed by atoms with E-state index >= 15 is 0 Å². The number of nitrogens with zero attached hydrogens (tertiary/aromatic N) is 3. The summed E-state index contributed by atoms with van der Waals surface area (Å²) < 4.78 is 2.45. The van der Waals surface area contributed by atoms with Crippen molar-refractivity contribution in [2.24, 2.45) is 0 Å². The molecule has 16 rings (SSSR count). The van der Waals surface area contributed by atoms with Gasteiger partial charge in [0.05, 0.1) is 11.0 Å². The third-order valence-electron chi connectivity index (χ3n) is 24.3. The van der Waals surface area contributed by atoms with E-state index in [-0.39, 0.29) is 16.2 Å². The van der Waals surface area contributed by atoms with Gasteiger partial charge < -0.3 is 14.4 Å². The molecule has 0 saturated carbocycles. The highest BCUT2D eigenvalue weighted by Gasteiger charge is 2.44. The van der Waals surface area contributed by atoms with Crippen molar-refractivity contribution < 1.29 is 0 Å². The van der Waals surface area contributed by atoms with Crippen LogP contribution in [0.25, 0.3) is 83.1 Å². The Morgan fingerprint density at radius 1 is 0.269 bits per heavy atom. The first-order chi connectivity index (χ1) is 50.8. The second kappa shape index (κ2) is 28.9. The smallest absolute Gasteiger partial charge is 0.0547 e. The molecule has 0 spiro atoms. The van der Waals surface area contributed by atoms with Crippen molar-refractivity contribution in [2.45, 2.75) is 187 Å². The largest absolute Gasteiger partial charge is 0.311 e. The molecule has 0 radical (unpaired) electrons. The number of para-hydroxylation sites is 3. The minimum Gasteiger partial charge on any atom is -0.311 e. The lowest BCUT2D eigenvalue weighted by atomic mass is 9.70. The Kier molecular flexibility index (Phi) is 19.0. The number of rotatable bonds is 27. The van der Waals surface area contributed by atoms with Crippen LogP contribution in [0.2, 0.25) is 0 Å². The Labute approximate surface area is 620 Å². The molecule has 3 aliphatic carbocycles. The summed E-state index contributed by atoms with van der Waals surface area (Å²) in [5.74, 6) is 0. The van der Waals surface area contributed by atoms with Crippen molar-refractivity contribution in [3.63, 3.8) is 0 Å². The van der Waals surface area contributed by atoms with Gasteiger partial charge in [-0.1, -0.05) is 307 Å². The SMILES string of the molecule is CCCCCCCCCCC1(CCCCCCCCCC)c2cc(C)ccc2-c2ccc(-c3ccc4c(c3)C(C)(C)c3cc(N(c5ccc(-c6ccc7c8ccccc8n(-c8ccc(N(c9ccccc9)c9ccccc9)cc8)c7c6)cc5)c5ccc6c(c5)C(C)(C)c5cc(C)ccc5-6)ccc3-4)cc21. The zero-order chi connectivity index (χ0) is 71.1. The van der Waals surface area contributed by atoms with Gasteiger partial charge in [0.25, 0.3) is 0 Å². The van der Waals surface area contributed by atoms with Gasteiger partial charge in [-0.2, -0.15) is 0 Å². The maximum absolute atomic E-state index is 2.67. The molecule has 522 valence electrons. The Morgan fingerprint density at radius 3 is 1.14 bits per heavy atom. The van der Waals surface area contributed by atoms with Gasteiger partial charge in [0.15, 0.2) is 0 Å². The predicted octanol–water partition coefficient (Wildman–Crippen LogP) is 29.6. The first kappa shape index (κ1) is 68.5. The van der Waals surface area contributed by atoms with Gasteiger partial charge in [0, 0.05) is 66.8 Å². The fourth-order valence-electron chi connectivity index (χ4n) is 18.6. The Balaban J connectivity index is 0.738. The maximum atomic E-state index is 2.67. The minimum absolute atomic E-state index is 0.0190. The van der Waals surface area contributed by atoms with E-state index in [1.165, 1.54) is 226 Å². The quantitative estimate of drug-likeness (QED) is 0.0476. The Morgan fingerprint density at radius 2 is 0.615 bits per heavy atom. The summed E-state index contributed by atoms with van der Waals surface area (Å²) >= 11 is 0. The van der Waals surface area contributed by atoms with Crippen LogP contribution in [0, 0.1) is 13.8 Å². The number of unbranched alkanes of at least 4 members (excludes halogenated alkanes) is 14. The zero-order valence-electron chi connectivity index (χ0n) is 62.9. The topological polar surface area (TPSA) is 11.4 Å². The number of aryl methyl sites for hydroxylation is 2. The van der Waals surface area contributed by atoms with Gasteiger partial charge in [-0.15, -0.1) is 0 Å². The van der Waals surface area contributed by atoms with Crippen LogP contribution in [0.3, 0.4) is 0 Å². The molecule has 3 heteroatoms. The fraction of sp³-hybridized carbons (Fsp3) is 0.287. The van der Waals surface area contributed by atoms with E-state index in [1.807, 2.05) is 0 Å². The molecular weight excluding hydrogens is 1260 g/mol. The Bertz CT molecular complexity index is 5200. The van der Waals surface area contributed by atoms with Gasteiger partial charge in [-0.3, -0.25) is 0 Å². The molecule has 3 nitrogen and oxygen atoms in total. The third kappa shape index (κ3) is 12.6. The van der Waals surface area contributed by atoms with Crippen molar-refractivity contribution in [2.75, 3.05) is 9.80 Å². The first-order valence-electron chi connectivity index (χ1n) is 39.6. The Hall–Kier alpha value is -9.96. The molecule has 104 heavy (non-hydrogen) atoms. The molecule has 0 atom stereocenters.